The first-order valence-electron chi connectivity index (χ1n) is 9.76. The molecule has 4 rings (SSSR count). The molecule has 3 aromatic rings. The van der Waals surface area contributed by atoms with Crippen LogP contribution >= 0.6 is 0 Å². The molecule has 1 aliphatic rings. The Bertz CT molecular complexity index is 1110. The third-order valence-electron chi connectivity index (χ3n) is 5.54. The highest BCUT2D eigenvalue weighted by Crippen LogP contribution is 2.27. The van der Waals surface area contributed by atoms with Crippen LogP contribution in [0.1, 0.15) is 29.5 Å². The molecule has 1 unspecified atom stereocenters. The molecular formula is C23H26N2O2S. The fourth-order valence-electron chi connectivity index (χ4n) is 4.01. The first-order valence-corrected chi connectivity index (χ1v) is 11.6. The number of aromatic nitrogens is 1. The number of hydrogen-bond donors (Lipinski definition) is 2. The van der Waals surface area contributed by atoms with Crippen molar-refractivity contribution >= 4 is 26.3 Å². The molecule has 2 N–H and O–H groups in total. The molecule has 0 fully saturated rings. The number of benzene rings is 2. The van der Waals surface area contributed by atoms with Crippen LogP contribution in [-0.2, 0) is 15.6 Å². The van der Waals surface area contributed by atoms with Crippen LogP contribution in [0.15, 0.2) is 60.8 Å². The minimum absolute atomic E-state index is 0.0875. The quantitative estimate of drug-likeness (QED) is 0.658. The van der Waals surface area contributed by atoms with Gasteiger partial charge in [0.2, 0.25) is 0 Å². The Balaban J connectivity index is 1.40. The summed E-state index contributed by atoms with van der Waals surface area (Å²) >= 11 is 0. The number of H-pyrrole nitrogens is 1. The number of rotatable bonds is 6. The molecule has 2 aromatic carbocycles. The van der Waals surface area contributed by atoms with Gasteiger partial charge in [0.25, 0.3) is 0 Å². The van der Waals surface area contributed by atoms with Gasteiger partial charge in [0, 0.05) is 29.7 Å². The van der Waals surface area contributed by atoms with Gasteiger partial charge in [-0.15, -0.1) is 0 Å². The van der Waals surface area contributed by atoms with Crippen molar-refractivity contribution in [1.29, 1.82) is 0 Å². The molecule has 0 saturated carbocycles. The molecule has 5 heteroatoms. The average molecular weight is 395 g/mol. The molecule has 2 heterocycles. The van der Waals surface area contributed by atoms with Crippen molar-refractivity contribution in [3.63, 3.8) is 0 Å². The Morgan fingerprint density at radius 2 is 1.86 bits per heavy atom. The zero-order valence-electron chi connectivity index (χ0n) is 16.1. The van der Waals surface area contributed by atoms with Gasteiger partial charge >= 0.3 is 0 Å². The lowest BCUT2D eigenvalue weighted by Crippen LogP contribution is -2.34. The first kappa shape index (κ1) is 19.0. The monoisotopic (exact) mass is 394 g/mol. The van der Waals surface area contributed by atoms with Gasteiger partial charge in [-0.25, -0.2) is 8.42 Å². The second-order valence-corrected chi connectivity index (χ2v) is 9.78. The number of hydrogen-bond acceptors (Lipinski definition) is 3. The summed E-state index contributed by atoms with van der Waals surface area (Å²) in [7, 11) is -3.17. The normalized spacial score (nSPS) is 17.6. The SMILES string of the molecule is Cc1ccccc1C1=CCNC(CCS(=O)(=O)Cc2c[nH]c3ccccc23)C1. The van der Waals surface area contributed by atoms with Crippen LogP contribution in [0.5, 0.6) is 0 Å². The predicted molar refractivity (Wildman–Crippen MR) is 116 cm³/mol. The van der Waals surface area contributed by atoms with Crippen molar-refractivity contribution < 1.29 is 8.42 Å². The standard InChI is InChI=1S/C23H26N2O2S/c1-17-6-2-3-7-21(17)18-10-12-24-20(14-18)11-13-28(26,27)16-19-15-25-23-9-5-4-8-22(19)23/h2-10,15,20,24-25H,11-14,16H2,1H3. The van der Waals surface area contributed by atoms with Crippen LogP contribution in [0.25, 0.3) is 16.5 Å². The maximum Gasteiger partial charge on any atom is 0.154 e. The Kier molecular flexibility index (Phi) is 5.38. The largest absolute Gasteiger partial charge is 0.361 e. The first-order chi connectivity index (χ1) is 13.5. The van der Waals surface area contributed by atoms with Crippen LogP contribution in [-0.4, -0.2) is 31.7 Å². The van der Waals surface area contributed by atoms with Crippen molar-refractivity contribution in [2.24, 2.45) is 0 Å². The molecule has 0 radical (unpaired) electrons. The molecule has 4 nitrogen and oxygen atoms in total. The van der Waals surface area contributed by atoms with Gasteiger partial charge in [-0.3, -0.25) is 0 Å². The van der Waals surface area contributed by atoms with E-state index in [1.165, 1.54) is 16.7 Å². The zero-order chi connectivity index (χ0) is 19.6. The maximum atomic E-state index is 12.7. The number of aromatic amines is 1. The van der Waals surface area contributed by atoms with E-state index in [1.807, 2.05) is 30.5 Å². The van der Waals surface area contributed by atoms with E-state index in [0.29, 0.717) is 6.42 Å². The Morgan fingerprint density at radius 3 is 2.71 bits per heavy atom. The lowest BCUT2D eigenvalue weighted by molar-refractivity contribution is 0.515. The summed E-state index contributed by atoms with van der Waals surface area (Å²) in [5.41, 5.74) is 5.69. The molecule has 0 spiro atoms. The molecule has 1 atom stereocenters. The predicted octanol–water partition coefficient (Wildman–Crippen LogP) is 4.23. The van der Waals surface area contributed by atoms with E-state index in [2.05, 4.69) is 47.6 Å². The van der Waals surface area contributed by atoms with Crippen molar-refractivity contribution in [3.05, 3.63) is 77.5 Å². The molecule has 28 heavy (non-hydrogen) atoms. The molecule has 0 aliphatic carbocycles. The Labute approximate surface area is 166 Å². The third-order valence-corrected chi connectivity index (χ3v) is 7.15. The number of para-hydroxylation sites is 1. The fraction of sp³-hybridized carbons (Fsp3) is 0.304. The van der Waals surface area contributed by atoms with E-state index in [9.17, 15) is 8.42 Å². The topological polar surface area (TPSA) is 62.0 Å². The van der Waals surface area contributed by atoms with Crippen LogP contribution in [0, 0.1) is 6.92 Å². The highest BCUT2D eigenvalue weighted by Gasteiger charge is 2.21. The summed E-state index contributed by atoms with van der Waals surface area (Å²) in [4.78, 5) is 3.16. The van der Waals surface area contributed by atoms with Gasteiger partial charge in [-0.2, -0.15) is 0 Å². The summed E-state index contributed by atoms with van der Waals surface area (Å²) in [6.07, 6.45) is 5.54. The number of aryl methyl sites for hydroxylation is 1. The smallest absolute Gasteiger partial charge is 0.154 e. The van der Waals surface area contributed by atoms with Crippen LogP contribution in [0.4, 0.5) is 0 Å². The molecule has 0 saturated heterocycles. The molecule has 0 bridgehead atoms. The van der Waals surface area contributed by atoms with Crippen LogP contribution in [0.3, 0.4) is 0 Å². The van der Waals surface area contributed by atoms with Gasteiger partial charge in [0.15, 0.2) is 9.84 Å². The summed E-state index contributed by atoms with van der Waals surface area (Å²) < 4.78 is 25.5. The van der Waals surface area contributed by atoms with E-state index in [4.69, 9.17) is 0 Å². The summed E-state index contributed by atoms with van der Waals surface area (Å²) in [6, 6.07) is 16.4. The summed E-state index contributed by atoms with van der Waals surface area (Å²) in [5, 5.41) is 4.44. The highest BCUT2D eigenvalue weighted by molar-refractivity contribution is 7.90. The van der Waals surface area contributed by atoms with Crippen molar-refractivity contribution in [2.45, 2.75) is 31.6 Å². The van der Waals surface area contributed by atoms with Crippen molar-refractivity contribution in [3.8, 4) is 0 Å². The number of sulfone groups is 1. The molecular weight excluding hydrogens is 368 g/mol. The lowest BCUT2D eigenvalue weighted by atomic mass is 9.92. The molecule has 0 amide bonds. The minimum atomic E-state index is -3.17. The fourth-order valence-corrected chi connectivity index (χ4v) is 5.51. The van der Waals surface area contributed by atoms with Gasteiger partial charge in [0.05, 0.1) is 11.5 Å². The van der Waals surface area contributed by atoms with Gasteiger partial charge in [-0.05, 0) is 48.1 Å². The second kappa shape index (κ2) is 7.94. The van der Waals surface area contributed by atoms with E-state index < -0.39 is 9.84 Å². The van der Waals surface area contributed by atoms with Crippen LogP contribution < -0.4 is 5.32 Å². The summed E-state index contributed by atoms with van der Waals surface area (Å²) in [6.45, 7) is 2.91. The molecule has 146 valence electrons. The van der Waals surface area contributed by atoms with E-state index >= 15 is 0 Å². The highest BCUT2D eigenvalue weighted by atomic mass is 32.2. The maximum absolute atomic E-state index is 12.7. The van der Waals surface area contributed by atoms with E-state index in [0.717, 1.165) is 29.4 Å². The average Bonchev–Trinajstić information content (AvgIpc) is 3.09. The third kappa shape index (κ3) is 4.21. The molecule has 1 aromatic heterocycles. The Hall–Kier alpha value is -2.37. The lowest BCUT2D eigenvalue weighted by Gasteiger charge is -2.25. The van der Waals surface area contributed by atoms with Gasteiger partial charge in [-0.1, -0.05) is 48.5 Å². The van der Waals surface area contributed by atoms with E-state index in [1.54, 1.807) is 0 Å². The van der Waals surface area contributed by atoms with Crippen LogP contribution in [0.2, 0.25) is 0 Å². The zero-order valence-corrected chi connectivity index (χ0v) is 16.9. The van der Waals surface area contributed by atoms with E-state index in [-0.39, 0.29) is 17.5 Å². The summed E-state index contributed by atoms with van der Waals surface area (Å²) in [5.74, 6) is 0.287. The van der Waals surface area contributed by atoms with Crippen molar-refractivity contribution in [1.82, 2.24) is 10.3 Å². The van der Waals surface area contributed by atoms with Crippen molar-refractivity contribution in [2.75, 3.05) is 12.3 Å². The Morgan fingerprint density at radius 1 is 1.07 bits per heavy atom. The van der Waals surface area contributed by atoms with Gasteiger partial charge in [0.1, 0.15) is 0 Å². The molecule has 1 aliphatic heterocycles. The minimum Gasteiger partial charge on any atom is -0.361 e. The number of nitrogens with one attached hydrogen (secondary N) is 2. The number of fused-ring (bicyclic) bond motifs is 1. The second-order valence-electron chi connectivity index (χ2n) is 7.59. The van der Waals surface area contributed by atoms with Gasteiger partial charge < -0.3 is 10.3 Å².